The van der Waals surface area contributed by atoms with Gasteiger partial charge in [0.15, 0.2) is 0 Å². The molecule has 0 saturated carbocycles. The van der Waals surface area contributed by atoms with Gasteiger partial charge in [0.25, 0.3) is 0 Å². The number of piperidine rings is 1. The number of rotatable bonds is 3. The number of carbonyl (C=O) groups is 2. The first kappa shape index (κ1) is 14.2. The molecule has 6 heteroatoms. The summed E-state index contributed by atoms with van der Waals surface area (Å²) in [5.74, 6) is -0.109. The fourth-order valence-electron chi connectivity index (χ4n) is 1.57. The van der Waals surface area contributed by atoms with Crippen LogP contribution < -0.4 is 10.6 Å². The second kappa shape index (κ2) is 6.63. The fraction of sp³-hybridized carbons (Fsp3) is 0.778. The van der Waals surface area contributed by atoms with Crippen molar-refractivity contribution in [1.29, 1.82) is 0 Å². The summed E-state index contributed by atoms with van der Waals surface area (Å²) in [6.45, 7) is 1.05. The zero-order chi connectivity index (χ0) is 10.6. The SMILES string of the molecule is CNCC(=O)NC1CCCN(C)C1=O.Cl. The first-order chi connectivity index (χ1) is 6.65. The largest absolute Gasteiger partial charge is 0.344 e. The molecule has 5 nitrogen and oxygen atoms in total. The minimum Gasteiger partial charge on any atom is -0.344 e. The lowest BCUT2D eigenvalue weighted by atomic mass is 10.1. The summed E-state index contributed by atoms with van der Waals surface area (Å²) in [4.78, 5) is 24.4. The molecular formula is C9H18ClN3O2. The Morgan fingerprint density at radius 2 is 2.27 bits per heavy atom. The maximum Gasteiger partial charge on any atom is 0.244 e. The van der Waals surface area contributed by atoms with E-state index < -0.39 is 0 Å². The molecule has 1 aliphatic rings. The van der Waals surface area contributed by atoms with Crippen LogP contribution in [-0.2, 0) is 9.59 Å². The Hall–Kier alpha value is -0.810. The van der Waals surface area contributed by atoms with E-state index in [1.165, 1.54) is 0 Å². The zero-order valence-electron chi connectivity index (χ0n) is 9.08. The Bertz CT molecular complexity index is 235. The lowest BCUT2D eigenvalue weighted by Crippen LogP contribution is -2.52. The molecular weight excluding hydrogens is 218 g/mol. The quantitative estimate of drug-likeness (QED) is 0.685. The molecule has 1 unspecified atom stereocenters. The molecule has 1 atom stereocenters. The third-order valence-electron chi connectivity index (χ3n) is 2.33. The lowest BCUT2D eigenvalue weighted by Gasteiger charge is -2.29. The van der Waals surface area contributed by atoms with E-state index in [9.17, 15) is 9.59 Å². The van der Waals surface area contributed by atoms with Crippen molar-refractivity contribution in [2.24, 2.45) is 0 Å². The van der Waals surface area contributed by atoms with Gasteiger partial charge in [-0.3, -0.25) is 9.59 Å². The van der Waals surface area contributed by atoms with Gasteiger partial charge in [0.05, 0.1) is 6.54 Å². The van der Waals surface area contributed by atoms with Crippen LogP contribution in [0.2, 0.25) is 0 Å². The monoisotopic (exact) mass is 235 g/mol. The Labute approximate surface area is 96.0 Å². The number of nitrogens with one attached hydrogen (secondary N) is 2. The second-order valence-corrected chi connectivity index (χ2v) is 3.55. The molecule has 0 spiro atoms. The summed E-state index contributed by atoms with van der Waals surface area (Å²) in [5.41, 5.74) is 0. The van der Waals surface area contributed by atoms with E-state index in [4.69, 9.17) is 0 Å². The first-order valence-electron chi connectivity index (χ1n) is 4.84. The minimum atomic E-state index is -0.324. The van der Waals surface area contributed by atoms with Gasteiger partial charge >= 0.3 is 0 Å². The van der Waals surface area contributed by atoms with Crippen molar-refractivity contribution in [1.82, 2.24) is 15.5 Å². The van der Waals surface area contributed by atoms with E-state index in [0.717, 1.165) is 19.4 Å². The number of likely N-dealkylation sites (N-methyl/N-ethyl adjacent to an activating group) is 2. The van der Waals surface area contributed by atoms with Crippen LogP contribution in [0, 0.1) is 0 Å². The second-order valence-electron chi connectivity index (χ2n) is 3.55. The molecule has 0 aromatic heterocycles. The number of hydrogen-bond acceptors (Lipinski definition) is 3. The Kier molecular flexibility index (Phi) is 6.27. The van der Waals surface area contributed by atoms with Crippen molar-refractivity contribution in [3.63, 3.8) is 0 Å². The van der Waals surface area contributed by atoms with Crippen molar-refractivity contribution in [2.45, 2.75) is 18.9 Å². The Morgan fingerprint density at radius 3 is 2.87 bits per heavy atom. The van der Waals surface area contributed by atoms with Gasteiger partial charge in [-0.2, -0.15) is 0 Å². The molecule has 1 saturated heterocycles. The molecule has 0 radical (unpaired) electrons. The standard InChI is InChI=1S/C9H17N3O2.ClH/c1-10-6-8(13)11-7-4-3-5-12(2)9(7)14;/h7,10H,3-6H2,1-2H3,(H,11,13);1H. The van der Waals surface area contributed by atoms with Gasteiger partial charge in [-0.25, -0.2) is 0 Å². The van der Waals surface area contributed by atoms with Crippen molar-refractivity contribution in [3.05, 3.63) is 0 Å². The molecule has 1 aliphatic heterocycles. The van der Waals surface area contributed by atoms with Gasteiger partial charge in [0.1, 0.15) is 6.04 Å². The summed E-state index contributed by atoms with van der Waals surface area (Å²) in [6, 6.07) is -0.324. The van der Waals surface area contributed by atoms with Gasteiger partial charge in [0.2, 0.25) is 11.8 Å². The van der Waals surface area contributed by atoms with Crippen LogP contribution in [0.4, 0.5) is 0 Å². The third-order valence-corrected chi connectivity index (χ3v) is 2.33. The Morgan fingerprint density at radius 1 is 1.60 bits per heavy atom. The van der Waals surface area contributed by atoms with E-state index in [1.807, 2.05) is 0 Å². The molecule has 0 aromatic rings. The summed E-state index contributed by atoms with van der Waals surface area (Å²) < 4.78 is 0. The molecule has 0 bridgehead atoms. The predicted molar refractivity (Wildman–Crippen MR) is 60.0 cm³/mol. The van der Waals surface area contributed by atoms with E-state index in [2.05, 4.69) is 10.6 Å². The molecule has 2 N–H and O–H groups in total. The Balaban J connectivity index is 0.00000196. The molecule has 0 aliphatic carbocycles. The van der Waals surface area contributed by atoms with Crippen molar-refractivity contribution >= 4 is 24.2 Å². The number of hydrogen-bond donors (Lipinski definition) is 2. The highest BCUT2D eigenvalue weighted by molar-refractivity contribution is 5.88. The van der Waals surface area contributed by atoms with Crippen LogP contribution in [-0.4, -0.2) is 49.9 Å². The highest BCUT2D eigenvalue weighted by Crippen LogP contribution is 2.09. The predicted octanol–water partition coefficient (Wildman–Crippen LogP) is -0.635. The normalized spacial score (nSPS) is 20.8. The van der Waals surface area contributed by atoms with Crippen LogP contribution in [0.3, 0.4) is 0 Å². The number of amides is 2. The van der Waals surface area contributed by atoms with E-state index in [0.29, 0.717) is 0 Å². The molecule has 1 rings (SSSR count). The number of carbonyl (C=O) groups excluding carboxylic acids is 2. The maximum atomic E-state index is 11.6. The van der Waals surface area contributed by atoms with Gasteiger partial charge < -0.3 is 15.5 Å². The van der Waals surface area contributed by atoms with Crippen molar-refractivity contribution in [2.75, 3.05) is 27.2 Å². The highest BCUT2D eigenvalue weighted by atomic mass is 35.5. The molecule has 1 heterocycles. The van der Waals surface area contributed by atoms with Crippen LogP contribution >= 0.6 is 12.4 Å². The lowest BCUT2D eigenvalue weighted by molar-refractivity contribution is -0.137. The van der Waals surface area contributed by atoms with Crippen LogP contribution in [0.15, 0.2) is 0 Å². The average molecular weight is 236 g/mol. The van der Waals surface area contributed by atoms with Crippen molar-refractivity contribution < 1.29 is 9.59 Å². The third kappa shape index (κ3) is 4.05. The number of nitrogens with zero attached hydrogens (tertiary/aromatic N) is 1. The minimum absolute atomic E-state index is 0. The van der Waals surface area contributed by atoms with Gasteiger partial charge in [-0.1, -0.05) is 0 Å². The van der Waals surface area contributed by atoms with E-state index in [1.54, 1.807) is 19.0 Å². The molecule has 1 fully saturated rings. The van der Waals surface area contributed by atoms with E-state index in [-0.39, 0.29) is 36.8 Å². The van der Waals surface area contributed by atoms with Gasteiger partial charge in [0, 0.05) is 13.6 Å². The average Bonchev–Trinajstić information content (AvgIpc) is 2.13. The van der Waals surface area contributed by atoms with Crippen LogP contribution in [0.25, 0.3) is 0 Å². The highest BCUT2D eigenvalue weighted by Gasteiger charge is 2.27. The fourth-order valence-corrected chi connectivity index (χ4v) is 1.57. The number of halogens is 1. The maximum absolute atomic E-state index is 11.6. The molecule has 2 amide bonds. The van der Waals surface area contributed by atoms with E-state index >= 15 is 0 Å². The molecule has 15 heavy (non-hydrogen) atoms. The van der Waals surface area contributed by atoms with Crippen LogP contribution in [0.1, 0.15) is 12.8 Å². The number of likely N-dealkylation sites (tertiary alicyclic amines) is 1. The first-order valence-corrected chi connectivity index (χ1v) is 4.84. The van der Waals surface area contributed by atoms with Gasteiger partial charge in [-0.05, 0) is 19.9 Å². The van der Waals surface area contributed by atoms with Crippen molar-refractivity contribution in [3.8, 4) is 0 Å². The molecule has 88 valence electrons. The molecule has 0 aromatic carbocycles. The summed E-state index contributed by atoms with van der Waals surface area (Å²) in [5, 5.41) is 5.45. The topological polar surface area (TPSA) is 61.4 Å². The smallest absolute Gasteiger partial charge is 0.244 e. The summed E-state index contributed by atoms with van der Waals surface area (Å²) >= 11 is 0. The van der Waals surface area contributed by atoms with Gasteiger partial charge in [-0.15, -0.1) is 12.4 Å². The zero-order valence-corrected chi connectivity index (χ0v) is 9.89. The summed E-state index contributed by atoms with van der Waals surface area (Å²) in [6.07, 6.45) is 1.70. The van der Waals surface area contributed by atoms with Crippen LogP contribution in [0.5, 0.6) is 0 Å². The summed E-state index contributed by atoms with van der Waals surface area (Å²) in [7, 11) is 3.47.